The van der Waals surface area contributed by atoms with Gasteiger partial charge in [0, 0.05) is 4.90 Å². The second-order valence-electron chi connectivity index (χ2n) is 3.40. The topological polar surface area (TPSA) is 58.6 Å². The van der Waals surface area contributed by atoms with Crippen molar-refractivity contribution in [2.75, 3.05) is 0 Å². The first-order chi connectivity index (χ1) is 8.06. The maximum Gasteiger partial charge on any atom is 0.163 e. The lowest BCUT2D eigenvalue weighted by molar-refractivity contribution is 0.681. The molecule has 2 aromatic rings. The van der Waals surface area contributed by atoms with E-state index in [0.717, 1.165) is 0 Å². The van der Waals surface area contributed by atoms with E-state index in [0.29, 0.717) is 26.6 Å². The molecule has 0 radical (unpaired) electrons. The summed E-state index contributed by atoms with van der Waals surface area (Å²) < 4.78 is 12.0. The fourth-order valence-electron chi connectivity index (χ4n) is 1.27. The van der Waals surface area contributed by atoms with Crippen molar-refractivity contribution in [3.05, 3.63) is 39.9 Å². The van der Waals surface area contributed by atoms with Gasteiger partial charge >= 0.3 is 0 Å². The molecule has 0 saturated heterocycles. The molecule has 1 N–H and O–H groups in total. The third-order valence-corrected chi connectivity index (χ3v) is 4.10. The predicted molar refractivity (Wildman–Crippen MR) is 67.7 cm³/mol. The fraction of sp³-hybridized carbons (Fsp3) is 0.200. The number of nitrogens with one attached hydrogen (secondary N) is 1. The van der Waals surface area contributed by atoms with Gasteiger partial charge in [-0.2, -0.15) is 5.10 Å². The third-order valence-electron chi connectivity index (χ3n) is 2.06. The molecule has 7 heteroatoms. The van der Waals surface area contributed by atoms with E-state index in [9.17, 15) is 4.21 Å². The molecule has 90 valence electrons. The molecule has 0 aliphatic rings. The highest BCUT2D eigenvalue weighted by atomic mass is 35.5. The maximum atomic E-state index is 12.0. The van der Waals surface area contributed by atoms with Crippen LogP contribution in [0, 0.1) is 6.92 Å². The van der Waals surface area contributed by atoms with Gasteiger partial charge in [-0.15, -0.1) is 0 Å². The van der Waals surface area contributed by atoms with Crippen molar-refractivity contribution < 1.29 is 4.21 Å². The van der Waals surface area contributed by atoms with E-state index < -0.39 is 10.8 Å². The molecule has 1 atom stereocenters. The summed E-state index contributed by atoms with van der Waals surface area (Å²) in [5, 5.41) is 7.47. The summed E-state index contributed by atoms with van der Waals surface area (Å²) in [6.45, 7) is 1.79. The average molecular weight is 290 g/mol. The van der Waals surface area contributed by atoms with Crippen molar-refractivity contribution in [1.82, 2.24) is 15.2 Å². The first-order valence-electron chi connectivity index (χ1n) is 4.77. The summed E-state index contributed by atoms with van der Waals surface area (Å²) in [7, 11) is -1.23. The average Bonchev–Trinajstić information content (AvgIpc) is 2.68. The number of aryl methyl sites for hydroxylation is 1. The van der Waals surface area contributed by atoms with E-state index in [1.54, 1.807) is 25.1 Å². The minimum atomic E-state index is -1.23. The van der Waals surface area contributed by atoms with E-state index in [-0.39, 0.29) is 5.75 Å². The number of aromatic amines is 1. The molecule has 17 heavy (non-hydrogen) atoms. The lowest BCUT2D eigenvalue weighted by Crippen LogP contribution is -1.98. The number of aromatic nitrogens is 3. The Kier molecular flexibility index (Phi) is 3.81. The molecule has 4 nitrogen and oxygen atoms in total. The Morgan fingerprint density at radius 2 is 2.12 bits per heavy atom. The van der Waals surface area contributed by atoms with Crippen LogP contribution in [0.2, 0.25) is 10.0 Å². The first-order valence-corrected chi connectivity index (χ1v) is 6.85. The Labute approximate surface area is 111 Å². The van der Waals surface area contributed by atoms with Crippen LogP contribution < -0.4 is 0 Å². The minimum absolute atomic E-state index is 0.252. The van der Waals surface area contributed by atoms with Gasteiger partial charge in [-0.1, -0.05) is 23.2 Å². The molecular formula is C10H9Cl2N3OS. The van der Waals surface area contributed by atoms with Gasteiger partial charge in [-0.25, -0.2) is 4.98 Å². The molecule has 0 aliphatic carbocycles. The van der Waals surface area contributed by atoms with Gasteiger partial charge in [0.1, 0.15) is 5.82 Å². The SMILES string of the molecule is Cc1nc(CS(=O)c2ccc(Cl)c(Cl)c2)n[nH]1. The lowest BCUT2D eigenvalue weighted by atomic mass is 10.4. The number of hydrogen-bond acceptors (Lipinski definition) is 3. The second-order valence-corrected chi connectivity index (χ2v) is 5.67. The van der Waals surface area contributed by atoms with E-state index in [2.05, 4.69) is 15.2 Å². The zero-order valence-electron chi connectivity index (χ0n) is 8.91. The number of H-pyrrole nitrogens is 1. The largest absolute Gasteiger partial charge is 0.263 e. The van der Waals surface area contributed by atoms with Crippen LogP contribution in [-0.4, -0.2) is 19.4 Å². The van der Waals surface area contributed by atoms with Gasteiger partial charge in [0.2, 0.25) is 0 Å². The third kappa shape index (κ3) is 3.06. The maximum absolute atomic E-state index is 12.0. The number of benzene rings is 1. The number of hydrogen-bond donors (Lipinski definition) is 1. The van der Waals surface area contributed by atoms with Gasteiger partial charge in [-0.3, -0.25) is 9.31 Å². The van der Waals surface area contributed by atoms with Crippen LogP contribution in [0.3, 0.4) is 0 Å². The van der Waals surface area contributed by atoms with Crippen molar-refractivity contribution in [2.24, 2.45) is 0 Å². The van der Waals surface area contributed by atoms with Crippen LogP contribution in [0.4, 0.5) is 0 Å². The highest BCUT2D eigenvalue weighted by molar-refractivity contribution is 7.84. The molecular weight excluding hydrogens is 281 g/mol. The van der Waals surface area contributed by atoms with E-state index >= 15 is 0 Å². The second kappa shape index (κ2) is 5.16. The molecule has 0 bridgehead atoms. The minimum Gasteiger partial charge on any atom is -0.263 e. The predicted octanol–water partition coefficient (Wildman–Crippen LogP) is 2.73. The molecule has 1 aromatic heterocycles. The summed E-state index contributed by atoms with van der Waals surface area (Å²) in [4.78, 5) is 4.71. The Morgan fingerprint density at radius 1 is 1.35 bits per heavy atom. The van der Waals surface area contributed by atoms with Gasteiger partial charge < -0.3 is 0 Å². The number of nitrogens with zero attached hydrogens (tertiary/aromatic N) is 2. The molecule has 0 spiro atoms. The van der Waals surface area contributed by atoms with Crippen LogP contribution in [-0.2, 0) is 16.6 Å². The van der Waals surface area contributed by atoms with Crippen molar-refractivity contribution >= 4 is 34.0 Å². The van der Waals surface area contributed by atoms with Gasteiger partial charge in [-0.05, 0) is 25.1 Å². The number of halogens is 2. The van der Waals surface area contributed by atoms with Crippen molar-refractivity contribution in [3.8, 4) is 0 Å². The molecule has 2 rings (SSSR count). The summed E-state index contributed by atoms with van der Waals surface area (Å²) in [6, 6.07) is 4.91. The first kappa shape index (κ1) is 12.5. The quantitative estimate of drug-likeness (QED) is 0.945. The molecule has 1 heterocycles. The standard InChI is InChI=1S/C10H9Cl2N3OS/c1-6-13-10(15-14-6)5-17(16)7-2-3-8(11)9(12)4-7/h2-4H,5H2,1H3,(H,13,14,15). The summed E-state index contributed by atoms with van der Waals surface area (Å²) in [5.74, 6) is 1.47. The van der Waals surface area contributed by atoms with E-state index in [4.69, 9.17) is 23.2 Å². The van der Waals surface area contributed by atoms with E-state index in [1.165, 1.54) is 0 Å². The zero-order chi connectivity index (χ0) is 12.4. The van der Waals surface area contributed by atoms with Crippen molar-refractivity contribution in [2.45, 2.75) is 17.6 Å². The smallest absolute Gasteiger partial charge is 0.163 e. The van der Waals surface area contributed by atoms with Crippen LogP contribution in [0.15, 0.2) is 23.1 Å². The van der Waals surface area contributed by atoms with Crippen LogP contribution in [0.5, 0.6) is 0 Å². The van der Waals surface area contributed by atoms with E-state index in [1.807, 2.05) is 0 Å². The highest BCUT2D eigenvalue weighted by Gasteiger charge is 2.10. The molecule has 0 fully saturated rings. The summed E-state index contributed by atoms with van der Waals surface area (Å²) >= 11 is 11.6. The normalized spacial score (nSPS) is 12.6. The summed E-state index contributed by atoms with van der Waals surface area (Å²) in [5.41, 5.74) is 0. The van der Waals surface area contributed by atoms with Gasteiger partial charge in [0.25, 0.3) is 0 Å². The number of rotatable bonds is 3. The monoisotopic (exact) mass is 289 g/mol. The Hall–Kier alpha value is -0.910. The van der Waals surface area contributed by atoms with Crippen LogP contribution in [0.1, 0.15) is 11.6 Å². The van der Waals surface area contributed by atoms with Gasteiger partial charge in [0.05, 0.1) is 26.6 Å². The molecule has 0 aliphatic heterocycles. The van der Waals surface area contributed by atoms with Crippen LogP contribution in [0.25, 0.3) is 0 Å². The fourth-order valence-corrected chi connectivity index (χ4v) is 2.63. The Balaban J connectivity index is 2.17. The zero-order valence-corrected chi connectivity index (χ0v) is 11.2. The molecule has 1 unspecified atom stereocenters. The molecule has 1 aromatic carbocycles. The lowest BCUT2D eigenvalue weighted by Gasteiger charge is -2.01. The Bertz CT molecular complexity index is 570. The summed E-state index contributed by atoms with van der Waals surface area (Å²) in [6.07, 6.45) is 0. The van der Waals surface area contributed by atoms with Crippen molar-refractivity contribution in [1.29, 1.82) is 0 Å². The molecule has 0 saturated carbocycles. The van der Waals surface area contributed by atoms with Crippen LogP contribution >= 0.6 is 23.2 Å². The molecule has 0 amide bonds. The Morgan fingerprint density at radius 3 is 2.71 bits per heavy atom. The van der Waals surface area contributed by atoms with Crippen molar-refractivity contribution in [3.63, 3.8) is 0 Å². The highest BCUT2D eigenvalue weighted by Crippen LogP contribution is 2.24. The van der Waals surface area contributed by atoms with Gasteiger partial charge in [0.15, 0.2) is 5.82 Å².